The highest BCUT2D eigenvalue weighted by Gasteiger charge is 2.25. The summed E-state index contributed by atoms with van der Waals surface area (Å²) in [5.74, 6) is -1.11. The van der Waals surface area contributed by atoms with E-state index in [1.54, 1.807) is 0 Å². The van der Waals surface area contributed by atoms with Crippen molar-refractivity contribution in [1.29, 1.82) is 0 Å². The standard InChI is InChI=1S/C13H14ClFN4O2/c1-3-17-12-9(13(20)21-2)11(16)19(18-12)10-7(14)5-4-6-8(10)15/h4-6H,3,16H2,1-2H3,(H,17,18). The van der Waals surface area contributed by atoms with Crippen LogP contribution < -0.4 is 11.1 Å². The van der Waals surface area contributed by atoms with Crippen LogP contribution in [0.25, 0.3) is 5.69 Å². The Morgan fingerprint density at radius 3 is 2.86 bits per heavy atom. The Bertz CT molecular complexity index is 667. The number of nitrogens with zero attached hydrogens (tertiary/aromatic N) is 2. The summed E-state index contributed by atoms with van der Waals surface area (Å²) in [7, 11) is 1.23. The van der Waals surface area contributed by atoms with Gasteiger partial charge in [-0.3, -0.25) is 0 Å². The fourth-order valence-electron chi connectivity index (χ4n) is 1.89. The van der Waals surface area contributed by atoms with Gasteiger partial charge in [-0.05, 0) is 19.1 Å². The lowest BCUT2D eigenvalue weighted by Gasteiger charge is -2.07. The summed E-state index contributed by atoms with van der Waals surface area (Å²) in [5.41, 5.74) is 5.93. The Hall–Kier alpha value is -2.28. The van der Waals surface area contributed by atoms with Gasteiger partial charge >= 0.3 is 5.97 Å². The van der Waals surface area contributed by atoms with E-state index in [0.717, 1.165) is 4.68 Å². The Kier molecular flexibility index (Phi) is 4.32. The maximum Gasteiger partial charge on any atom is 0.345 e. The molecule has 1 aromatic heterocycles. The first kappa shape index (κ1) is 15.1. The molecule has 0 amide bonds. The second kappa shape index (κ2) is 6.01. The summed E-state index contributed by atoms with van der Waals surface area (Å²) in [6, 6.07) is 4.20. The van der Waals surface area contributed by atoms with Crippen LogP contribution in [-0.2, 0) is 4.74 Å². The van der Waals surface area contributed by atoms with E-state index in [1.807, 2.05) is 6.92 Å². The van der Waals surface area contributed by atoms with Gasteiger partial charge in [0.25, 0.3) is 0 Å². The van der Waals surface area contributed by atoms with Crippen molar-refractivity contribution in [3.05, 3.63) is 34.6 Å². The molecule has 0 aliphatic heterocycles. The summed E-state index contributed by atoms with van der Waals surface area (Å²) in [4.78, 5) is 11.8. The number of nitrogens with two attached hydrogens (primary N) is 1. The highest BCUT2D eigenvalue weighted by Crippen LogP contribution is 2.30. The first-order valence-corrected chi connectivity index (χ1v) is 6.54. The van der Waals surface area contributed by atoms with Crippen molar-refractivity contribution in [3.63, 3.8) is 0 Å². The molecule has 3 N–H and O–H groups in total. The summed E-state index contributed by atoms with van der Waals surface area (Å²) in [5, 5.41) is 7.13. The Labute approximate surface area is 125 Å². The van der Waals surface area contributed by atoms with Crippen LogP contribution in [-0.4, -0.2) is 29.4 Å². The van der Waals surface area contributed by atoms with Crippen molar-refractivity contribution in [2.75, 3.05) is 24.7 Å². The minimum absolute atomic E-state index is 0.0222. The van der Waals surface area contributed by atoms with E-state index in [4.69, 9.17) is 17.3 Å². The average Bonchev–Trinajstić information content (AvgIpc) is 2.75. The highest BCUT2D eigenvalue weighted by atomic mass is 35.5. The number of nitrogen functional groups attached to an aromatic ring is 1. The number of rotatable bonds is 4. The van der Waals surface area contributed by atoms with Crippen LogP contribution in [0, 0.1) is 5.82 Å². The van der Waals surface area contributed by atoms with E-state index in [2.05, 4.69) is 15.2 Å². The van der Waals surface area contributed by atoms with Crippen molar-refractivity contribution in [1.82, 2.24) is 9.78 Å². The van der Waals surface area contributed by atoms with E-state index < -0.39 is 11.8 Å². The number of hydrogen-bond donors (Lipinski definition) is 2. The molecule has 0 aliphatic carbocycles. The SMILES string of the molecule is CCNc1nn(-c2c(F)cccc2Cl)c(N)c1C(=O)OC. The second-order valence-electron chi connectivity index (χ2n) is 4.11. The molecule has 0 radical (unpaired) electrons. The summed E-state index contributed by atoms with van der Waals surface area (Å²) in [6.45, 7) is 2.33. The molecule has 112 valence electrons. The van der Waals surface area contributed by atoms with E-state index in [-0.39, 0.29) is 27.9 Å². The van der Waals surface area contributed by atoms with Crippen LogP contribution in [0.1, 0.15) is 17.3 Å². The molecule has 0 aliphatic rings. The molecule has 2 rings (SSSR count). The molecule has 2 aromatic rings. The molecule has 8 heteroatoms. The highest BCUT2D eigenvalue weighted by molar-refractivity contribution is 6.32. The first-order valence-electron chi connectivity index (χ1n) is 6.16. The van der Waals surface area contributed by atoms with Crippen LogP contribution in [0.3, 0.4) is 0 Å². The summed E-state index contributed by atoms with van der Waals surface area (Å²) < 4.78 is 19.7. The molecular formula is C13H14ClFN4O2. The van der Waals surface area contributed by atoms with Gasteiger partial charge in [0.15, 0.2) is 5.82 Å². The number of esters is 1. The predicted molar refractivity (Wildman–Crippen MR) is 78.4 cm³/mol. The number of methoxy groups -OCH3 is 1. The number of ether oxygens (including phenoxy) is 1. The molecule has 1 aromatic carbocycles. The fraction of sp³-hybridized carbons (Fsp3) is 0.231. The summed E-state index contributed by atoms with van der Waals surface area (Å²) >= 11 is 6.00. The number of para-hydroxylation sites is 1. The molecule has 0 saturated heterocycles. The van der Waals surface area contributed by atoms with Gasteiger partial charge in [0.1, 0.15) is 22.9 Å². The number of benzene rings is 1. The molecule has 0 bridgehead atoms. The van der Waals surface area contributed by atoms with Crippen LogP contribution in [0.2, 0.25) is 5.02 Å². The van der Waals surface area contributed by atoms with Gasteiger partial charge in [0.2, 0.25) is 0 Å². The number of carbonyl (C=O) groups is 1. The third-order valence-corrected chi connectivity index (χ3v) is 3.11. The molecule has 0 unspecified atom stereocenters. The quantitative estimate of drug-likeness (QED) is 0.847. The normalized spacial score (nSPS) is 10.5. The number of hydrogen-bond acceptors (Lipinski definition) is 5. The van der Waals surface area contributed by atoms with Gasteiger partial charge < -0.3 is 15.8 Å². The van der Waals surface area contributed by atoms with Gasteiger partial charge in [0.05, 0.1) is 12.1 Å². The Balaban J connectivity index is 2.68. The van der Waals surface area contributed by atoms with Crippen molar-refractivity contribution in [3.8, 4) is 5.69 Å². The zero-order valence-electron chi connectivity index (χ0n) is 11.5. The van der Waals surface area contributed by atoms with E-state index in [0.29, 0.717) is 6.54 Å². The van der Waals surface area contributed by atoms with E-state index in [1.165, 1.54) is 25.3 Å². The molecule has 1 heterocycles. The van der Waals surface area contributed by atoms with Crippen LogP contribution in [0.4, 0.5) is 16.0 Å². The van der Waals surface area contributed by atoms with Gasteiger partial charge in [-0.25, -0.2) is 13.9 Å². The van der Waals surface area contributed by atoms with Crippen molar-refractivity contribution >= 4 is 29.2 Å². The Morgan fingerprint density at radius 2 is 2.29 bits per heavy atom. The fourth-order valence-corrected chi connectivity index (χ4v) is 2.13. The second-order valence-corrected chi connectivity index (χ2v) is 4.52. The van der Waals surface area contributed by atoms with Gasteiger partial charge in [0, 0.05) is 6.54 Å². The van der Waals surface area contributed by atoms with Crippen molar-refractivity contribution in [2.24, 2.45) is 0 Å². The largest absolute Gasteiger partial charge is 0.465 e. The topological polar surface area (TPSA) is 82.2 Å². The molecule has 0 saturated carbocycles. The minimum atomic E-state index is -0.665. The van der Waals surface area contributed by atoms with Crippen LogP contribution in [0.5, 0.6) is 0 Å². The molecule has 0 fully saturated rings. The number of anilines is 2. The number of carbonyl (C=O) groups excluding carboxylic acids is 1. The number of halogens is 2. The lowest BCUT2D eigenvalue weighted by atomic mass is 10.2. The van der Waals surface area contributed by atoms with Gasteiger partial charge in [-0.2, -0.15) is 0 Å². The minimum Gasteiger partial charge on any atom is -0.465 e. The van der Waals surface area contributed by atoms with Crippen LogP contribution >= 0.6 is 11.6 Å². The van der Waals surface area contributed by atoms with Crippen molar-refractivity contribution in [2.45, 2.75) is 6.92 Å². The molecule has 6 nitrogen and oxygen atoms in total. The van der Waals surface area contributed by atoms with Gasteiger partial charge in [-0.1, -0.05) is 17.7 Å². The van der Waals surface area contributed by atoms with E-state index in [9.17, 15) is 9.18 Å². The summed E-state index contributed by atoms with van der Waals surface area (Å²) in [6.07, 6.45) is 0. The van der Waals surface area contributed by atoms with Crippen molar-refractivity contribution < 1.29 is 13.9 Å². The monoisotopic (exact) mass is 312 g/mol. The van der Waals surface area contributed by atoms with Crippen LogP contribution in [0.15, 0.2) is 18.2 Å². The number of aromatic nitrogens is 2. The molecule has 0 atom stereocenters. The lowest BCUT2D eigenvalue weighted by molar-refractivity contribution is 0.0603. The predicted octanol–water partition coefficient (Wildman–Crippen LogP) is 2.47. The smallest absolute Gasteiger partial charge is 0.345 e. The maximum atomic E-state index is 14.0. The first-order chi connectivity index (χ1) is 10.0. The molecular weight excluding hydrogens is 299 g/mol. The average molecular weight is 313 g/mol. The van der Waals surface area contributed by atoms with Gasteiger partial charge in [-0.15, -0.1) is 5.10 Å². The Morgan fingerprint density at radius 1 is 1.57 bits per heavy atom. The zero-order valence-corrected chi connectivity index (χ0v) is 12.2. The number of nitrogens with one attached hydrogen (secondary N) is 1. The molecule has 21 heavy (non-hydrogen) atoms. The molecule has 0 spiro atoms. The third-order valence-electron chi connectivity index (χ3n) is 2.80. The zero-order chi connectivity index (χ0) is 15.6. The lowest BCUT2D eigenvalue weighted by Crippen LogP contribution is -2.09. The third kappa shape index (κ3) is 2.64. The maximum absolute atomic E-state index is 14.0. The van der Waals surface area contributed by atoms with E-state index >= 15 is 0 Å².